The molecule has 3 rings (SSSR count). The SMILES string of the molecule is C=C(C)NCC(O)Cc1nnc([C@@H]2CC[C@@H]3CN2C(=O)N3OS(=O)(=O)O)o1. The maximum Gasteiger partial charge on any atom is 0.418 e. The normalized spacial score (nSPS) is 23.6. The first kappa shape index (κ1) is 19.5. The van der Waals surface area contributed by atoms with Crippen LogP contribution >= 0.6 is 0 Å². The highest BCUT2D eigenvalue weighted by atomic mass is 32.3. The van der Waals surface area contributed by atoms with Crippen LogP contribution in [0.5, 0.6) is 0 Å². The van der Waals surface area contributed by atoms with Crippen LogP contribution in [0.4, 0.5) is 4.79 Å². The van der Waals surface area contributed by atoms with Gasteiger partial charge >= 0.3 is 16.4 Å². The van der Waals surface area contributed by atoms with Gasteiger partial charge in [0, 0.05) is 18.8 Å². The molecule has 2 aliphatic heterocycles. The molecule has 2 aliphatic rings. The van der Waals surface area contributed by atoms with Crippen molar-refractivity contribution in [3.63, 3.8) is 0 Å². The highest BCUT2D eigenvalue weighted by Crippen LogP contribution is 2.38. The molecule has 3 N–H and O–H groups in total. The highest BCUT2D eigenvalue weighted by molar-refractivity contribution is 7.80. The van der Waals surface area contributed by atoms with Crippen LogP contribution < -0.4 is 5.32 Å². The zero-order valence-corrected chi connectivity index (χ0v) is 15.4. The molecule has 0 aromatic carbocycles. The summed E-state index contributed by atoms with van der Waals surface area (Å²) in [6.45, 7) is 5.94. The van der Waals surface area contributed by atoms with E-state index in [1.54, 1.807) is 6.92 Å². The Labute approximate surface area is 155 Å². The van der Waals surface area contributed by atoms with E-state index in [-0.39, 0.29) is 31.3 Å². The molecular weight excluding hydrogens is 382 g/mol. The lowest BCUT2D eigenvalue weighted by Gasteiger charge is -2.27. The van der Waals surface area contributed by atoms with Gasteiger partial charge in [0.2, 0.25) is 11.8 Å². The van der Waals surface area contributed by atoms with Gasteiger partial charge in [-0.3, -0.25) is 4.55 Å². The van der Waals surface area contributed by atoms with Crippen molar-refractivity contribution < 1.29 is 31.6 Å². The molecule has 2 amide bonds. The smallest absolute Gasteiger partial charge is 0.418 e. The summed E-state index contributed by atoms with van der Waals surface area (Å²) < 4.78 is 40.6. The lowest BCUT2D eigenvalue weighted by atomic mass is 10.0. The van der Waals surface area contributed by atoms with Gasteiger partial charge in [0.05, 0.1) is 18.6 Å². The van der Waals surface area contributed by atoms with Crippen molar-refractivity contribution in [2.24, 2.45) is 0 Å². The number of hydrogen-bond donors (Lipinski definition) is 3. The number of nitrogens with one attached hydrogen (secondary N) is 1. The molecule has 0 saturated carbocycles. The van der Waals surface area contributed by atoms with Crippen molar-refractivity contribution in [3.05, 3.63) is 24.1 Å². The van der Waals surface area contributed by atoms with Crippen LogP contribution in [0.1, 0.15) is 37.6 Å². The minimum Gasteiger partial charge on any atom is -0.423 e. The number of aliphatic hydroxyl groups excluding tert-OH is 1. The average molecular weight is 403 g/mol. The minimum atomic E-state index is -4.80. The third-order valence-corrected chi connectivity index (χ3v) is 4.66. The van der Waals surface area contributed by atoms with Crippen molar-refractivity contribution in [2.45, 2.75) is 44.4 Å². The number of carbonyl (C=O) groups excluding carboxylic acids is 1. The van der Waals surface area contributed by atoms with Crippen LogP contribution in [-0.2, 0) is 21.1 Å². The molecule has 1 unspecified atom stereocenters. The number of rotatable bonds is 8. The van der Waals surface area contributed by atoms with Crippen LogP contribution in [0.3, 0.4) is 0 Å². The number of fused-ring (bicyclic) bond motifs is 2. The summed E-state index contributed by atoms with van der Waals surface area (Å²) in [6, 6.07) is -1.73. The van der Waals surface area contributed by atoms with Crippen molar-refractivity contribution >= 4 is 16.4 Å². The molecular formula is C14H21N5O7S. The monoisotopic (exact) mass is 403 g/mol. The third kappa shape index (κ3) is 4.55. The lowest BCUT2D eigenvalue weighted by molar-refractivity contribution is -0.0317. The minimum absolute atomic E-state index is 0.133. The summed E-state index contributed by atoms with van der Waals surface area (Å²) in [5, 5.41) is 21.4. The fraction of sp³-hybridized carbons (Fsp3) is 0.643. The second-order valence-corrected chi connectivity index (χ2v) is 7.57. The van der Waals surface area contributed by atoms with Crippen molar-refractivity contribution in [1.82, 2.24) is 25.5 Å². The number of urea groups is 1. The quantitative estimate of drug-likeness (QED) is 0.495. The van der Waals surface area contributed by atoms with Crippen LogP contribution in [0.25, 0.3) is 0 Å². The summed E-state index contributed by atoms with van der Waals surface area (Å²) >= 11 is 0. The number of piperidine rings is 1. The first-order valence-corrected chi connectivity index (χ1v) is 9.67. The Balaban J connectivity index is 1.65. The Morgan fingerprint density at radius 2 is 2.22 bits per heavy atom. The molecule has 0 spiro atoms. The number of aliphatic hydroxyl groups is 1. The second kappa shape index (κ2) is 7.42. The molecule has 2 fully saturated rings. The highest BCUT2D eigenvalue weighted by Gasteiger charge is 2.49. The van der Waals surface area contributed by atoms with Gasteiger partial charge in [-0.15, -0.1) is 14.5 Å². The molecule has 3 atom stereocenters. The van der Waals surface area contributed by atoms with E-state index < -0.39 is 34.6 Å². The second-order valence-electron chi connectivity index (χ2n) is 6.56. The summed E-state index contributed by atoms with van der Waals surface area (Å²) in [6.07, 6.45) is 0.279. The fourth-order valence-electron chi connectivity index (χ4n) is 3.14. The largest absolute Gasteiger partial charge is 0.423 e. The number of hydroxylamine groups is 2. The molecule has 12 nitrogen and oxygen atoms in total. The average Bonchev–Trinajstić information content (AvgIpc) is 3.12. The molecule has 0 radical (unpaired) electrons. The summed E-state index contributed by atoms with van der Waals surface area (Å²) in [5.74, 6) is 0.423. The number of allylic oxidation sites excluding steroid dienone is 1. The molecule has 150 valence electrons. The number of hydrogen-bond acceptors (Lipinski definition) is 9. The number of amides is 2. The summed E-state index contributed by atoms with van der Waals surface area (Å²) in [4.78, 5) is 13.7. The van der Waals surface area contributed by atoms with Crippen molar-refractivity contribution in [2.75, 3.05) is 13.1 Å². The van der Waals surface area contributed by atoms with E-state index >= 15 is 0 Å². The molecule has 1 aromatic heterocycles. The predicted molar refractivity (Wildman–Crippen MR) is 89.2 cm³/mol. The number of nitrogens with zero attached hydrogens (tertiary/aromatic N) is 4. The van der Waals surface area contributed by atoms with Gasteiger partial charge < -0.3 is 19.7 Å². The fourth-order valence-corrected chi connectivity index (χ4v) is 3.53. The van der Waals surface area contributed by atoms with Gasteiger partial charge in [0.15, 0.2) is 0 Å². The van der Waals surface area contributed by atoms with E-state index in [2.05, 4.69) is 26.4 Å². The van der Waals surface area contributed by atoms with Gasteiger partial charge in [-0.25, -0.2) is 4.79 Å². The summed E-state index contributed by atoms with van der Waals surface area (Å²) in [7, 11) is -4.80. The first-order chi connectivity index (χ1) is 12.6. The van der Waals surface area contributed by atoms with E-state index in [9.17, 15) is 18.3 Å². The van der Waals surface area contributed by atoms with Gasteiger partial charge in [-0.05, 0) is 19.8 Å². The predicted octanol–water partition coefficient (Wildman–Crippen LogP) is -0.228. The van der Waals surface area contributed by atoms with Crippen LogP contribution in [-0.4, -0.2) is 69.5 Å². The van der Waals surface area contributed by atoms with Gasteiger partial charge in [-0.1, -0.05) is 6.58 Å². The Morgan fingerprint density at radius 3 is 2.89 bits per heavy atom. The number of aromatic nitrogens is 2. The van der Waals surface area contributed by atoms with E-state index in [1.165, 1.54) is 4.90 Å². The van der Waals surface area contributed by atoms with Crippen LogP contribution in [0.15, 0.2) is 16.7 Å². The molecule has 3 heterocycles. The Bertz CT molecular complexity index is 826. The Kier molecular flexibility index (Phi) is 5.37. The lowest BCUT2D eigenvalue weighted by Crippen LogP contribution is -2.35. The van der Waals surface area contributed by atoms with Crippen LogP contribution in [0.2, 0.25) is 0 Å². The Morgan fingerprint density at radius 1 is 1.48 bits per heavy atom. The molecule has 0 aliphatic carbocycles. The molecule has 27 heavy (non-hydrogen) atoms. The molecule has 2 saturated heterocycles. The standard InChI is InChI=1S/C14H21N5O7S/c1-8(2)15-6-10(20)5-12-16-17-13(25-12)11-4-3-9-7-18(11)14(21)19(9)26-27(22,23)24/h9-11,15,20H,1,3-7H2,2H3,(H,22,23,24)/t9-,10?,11+/m1/s1. The maximum absolute atomic E-state index is 12.4. The zero-order valence-electron chi connectivity index (χ0n) is 14.6. The summed E-state index contributed by atoms with van der Waals surface area (Å²) in [5.41, 5.74) is 0.723. The van der Waals surface area contributed by atoms with Gasteiger partial charge in [0.25, 0.3) is 0 Å². The van der Waals surface area contributed by atoms with Crippen molar-refractivity contribution in [3.8, 4) is 0 Å². The topological polar surface area (TPSA) is 158 Å². The molecule has 1 aromatic rings. The third-order valence-electron chi connectivity index (χ3n) is 4.31. The molecule has 2 bridgehead atoms. The van der Waals surface area contributed by atoms with Crippen LogP contribution in [0, 0.1) is 0 Å². The van der Waals surface area contributed by atoms with E-state index in [0.717, 1.165) is 5.70 Å². The Hall–Kier alpha value is -2.22. The van der Waals surface area contributed by atoms with Crippen molar-refractivity contribution in [1.29, 1.82) is 0 Å². The van der Waals surface area contributed by atoms with E-state index in [4.69, 9.17) is 8.97 Å². The zero-order chi connectivity index (χ0) is 19.8. The van der Waals surface area contributed by atoms with Gasteiger partial charge in [-0.2, -0.15) is 13.5 Å². The van der Waals surface area contributed by atoms with Gasteiger partial charge in [0.1, 0.15) is 6.04 Å². The molecule has 13 heteroatoms. The maximum atomic E-state index is 12.4. The van der Waals surface area contributed by atoms with E-state index in [0.29, 0.717) is 17.9 Å². The first-order valence-electron chi connectivity index (χ1n) is 8.30. The van der Waals surface area contributed by atoms with E-state index in [1.807, 2.05) is 0 Å². The number of carbonyl (C=O) groups is 1.